The first kappa shape index (κ1) is 15.0. The highest BCUT2D eigenvalue weighted by Gasteiger charge is 2.60. The Morgan fingerprint density at radius 3 is 2.42 bits per heavy atom. The monoisotopic (exact) mass is 268 g/mol. The van der Waals surface area contributed by atoms with E-state index >= 15 is 0 Å². The summed E-state index contributed by atoms with van der Waals surface area (Å²) < 4.78 is 6.20. The summed E-state index contributed by atoms with van der Waals surface area (Å²) in [6, 6.07) is 0. The van der Waals surface area contributed by atoms with Gasteiger partial charge in [-0.15, -0.1) is 0 Å². The second-order valence-electron chi connectivity index (χ2n) is 7.62. The third kappa shape index (κ3) is 1.98. The van der Waals surface area contributed by atoms with Gasteiger partial charge in [-0.3, -0.25) is 0 Å². The number of aliphatic hydroxyl groups excluding tert-OH is 2. The van der Waals surface area contributed by atoms with Gasteiger partial charge in [0, 0.05) is 6.42 Å². The van der Waals surface area contributed by atoms with Crippen LogP contribution in [0.25, 0.3) is 0 Å². The van der Waals surface area contributed by atoms with Crippen molar-refractivity contribution in [2.24, 2.45) is 16.7 Å². The van der Waals surface area contributed by atoms with E-state index in [4.69, 9.17) is 4.74 Å². The van der Waals surface area contributed by atoms with Crippen molar-refractivity contribution in [1.29, 1.82) is 0 Å². The van der Waals surface area contributed by atoms with Crippen LogP contribution in [0.3, 0.4) is 0 Å². The molecule has 0 bridgehead atoms. The number of hydrogen-bond donors (Lipinski definition) is 2. The maximum absolute atomic E-state index is 10.7. The van der Waals surface area contributed by atoms with Crippen LogP contribution < -0.4 is 0 Å². The van der Waals surface area contributed by atoms with Gasteiger partial charge < -0.3 is 14.9 Å². The van der Waals surface area contributed by atoms with Gasteiger partial charge in [0.15, 0.2) is 0 Å². The Labute approximate surface area is 116 Å². The summed E-state index contributed by atoms with van der Waals surface area (Å²) in [7, 11) is 0. The Morgan fingerprint density at radius 2 is 1.89 bits per heavy atom. The first-order chi connectivity index (χ1) is 8.58. The van der Waals surface area contributed by atoms with E-state index in [1.165, 1.54) is 0 Å². The van der Waals surface area contributed by atoms with Crippen LogP contribution in [0, 0.1) is 16.7 Å². The molecule has 0 aromatic rings. The summed E-state index contributed by atoms with van der Waals surface area (Å²) in [4.78, 5) is 0. The Balaban J connectivity index is 2.47. The summed E-state index contributed by atoms with van der Waals surface area (Å²) in [5.41, 5.74) is -0.199. The average Bonchev–Trinajstić information content (AvgIpc) is 2.26. The Kier molecular flexibility index (Phi) is 3.40. The predicted molar refractivity (Wildman–Crippen MR) is 75.8 cm³/mol. The van der Waals surface area contributed by atoms with Crippen LogP contribution in [0.5, 0.6) is 0 Å². The Bertz CT molecular complexity index is 385. The van der Waals surface area contributed by atoms with Crippen molar-refractivity contribution in [3.05, 3.63) is 12.2 Å². The van der Waals surface area contributed by atoms with Gasteiger partial charge in [-0.05, 0) is 31.6 Å². The Morgan fingerprint density at radius 1 is 1.32 bits per heavy atom. The molecule has 0 spiro atoms. The fraction of sp³-hybridized carbons (Fsp3) is 0.875. The molecule has 2 fully saturated rings. The van der Waals surface area contributed by atoms with Crippen LogP contribution in [0.1, 0.15) is 47.5 Å². The minimum Gasteiger partial charge on any atom is -0.395 e. The van der Waals surface area contributed by atoms with Crippen molar-refractivity contribution in [3.8, 4) is 0 Å². The van der Waals surface area contributed by atoms with Crippen molar-refractivity contribution < 1.29 is 14.9 Å². The molecule has 1 heterocycles. The van der Waals surface area contributed by atoms with E-state index < -0.39 is 11.5 Å². The molecule has 3 nitrogen and oxygen atoms in total. The summed E-state index contributed by atoms with van der Waals surface area (Å²) in [6.45, 7) is 14.7. The molecule has 4 atom stereocenters. The summed E-state index contributed by atoms with van der Waals surface area (Å²) >= 11 is 0. The van der Waals surface area contributed by atoms with Crippen LogP contribution in [0.4, 0.5) is 0 Å². The fourth-order valence-corrected chi connectivity index (χ4v) is 3.87. The summed E-state index contributed by atoms with van der Waals surface area (Å²) in [5.74, 6) is 0.422. The number of fused-ring (bicyclic) bond motifs is 1. The zero-order valence-corrected chi connectivity index (χ0v) is 12.9. The van der Waals surface area contributed by atoms with Crippen molar-refractivity contribution in [2.45, 2.75) is 65.3 Å². The lowest BCUT2D eigenvalue weighted by Gasteiger charge is -2.60. The highest BCUT2D eigenvalue weighted by molar-refractivity contribution is 5.29. The van der Waals surface area contributed by atoms with Crippen LogP contribution in [-0.2, 0) is 4.74 Å². The zero-order valence-electron chi connectivity index (χ0n) is 12.9. The maximum atomic E-state index is 10.7. The van der Waals surface area contributed by atoms with Crippen molar-refractivity contribution in [2.75, 3.05) is 6.61 Å². The molecule has 2 rings (SSSR count). The second kappa shape index (κ2) is 4.31. The third-order valence-electron chi connectivity index (χ3n) is 5.72. The van der Waals surface area contributed by atoms with Crippen LogP contribution >= 0.6 is 0 Å². The lowest BCUT2D eigenvalue weighted by molar-refractivity contribution is -0.239. The van der Waals surface area contributed by atoms with Crippen LogP contribution in [-0.4, -0.2) is 34.6 Å². The quantitative estimate of drug-likeness (QED) is 0.718. The average molecular weight is 268 g/mol. The molecular weight excluding hydrogens is 240 g/mol. The van der Waals surface area contributed by atoms with E-state index in [1.807, 2.05) is 13.8 Å². The normalized spacial score (nSPS) is 44.8. The largest absolute Gasteiger partial charge is 0.395 e. The molecule has 110 valence electrons. The third-order valence-corrected chi connectivity index (χ3v) is 5.72. The number of rotatable bonds is 1. The second-order valence-corrected chi connectivity index (χ2v) is 7.62. The minimum absolute atomic E-state index is 0.0922. The van der Waals surface area contributed by atoms with Gasteiger partial charge in [0.1, 0.15) is 0 Å². The lowest BCUT2D eigenvalue weighted by atomic mass is 9.51. The van der Waals surface area contributed by atoms with Gasteiger partial charge in [0.05, 0.1) is 29.8 Å². The minimum atomic E-state index is -0.703. The standard InChI is InChI=1S/C16H28O3/c1-10-7-13-16(9-17,11(2)15(10,5)6)12(18)8-14(3,4)19-13/h10,12-13,17-18H,2,7-9H2,1,3-6H3/t10-,12-,13-,16-/m1/s1. The van der Waals surface area contributed by atoms with Crippen molar-refractivity contribution >= 4 is 0 Å². The molecule has 19 heavy (non-hydrogen) atoms. The Hall–Kier alpha value is -0.380. The molecule has 1 saturated carbocycles. The first-order valence-electron chi connectivity index (χ1n) is 7.24. The first-order valence-corrected chi connectivity index (χ1v) is 7.24. The van der Waals surface area contributed by atoms with E-state index in [-0.39, 0.29) is 23.7 Å². The topological polar surface area (TPSA) is 49.7 Å². The van der Waals surface area contributed by atoms with Crippen molar-refractivity contribution in [1.82, 2.24) is 0 Å². The predicted octanol–water partition coefficient (Wildman–Crippen LogP) is 2.52. The molecule has 0 amide bonds. The molecule has 2 aliphatic rings. The number of aliphatic hydroxyl groups is 2. The van der Waals surface area contributed by atoms with Gasteiger partial charge in [-0.2, -0.15) is 0 Å². The summed E-state index contributed by atoms with van der Waals surface area (Å²) in [5, 5.41) is 20.7. The van der Waals surface area contributed by atoms with Crippen LogP contribution in [0.15, 0.2) is 12.2 Å². The van der Waals surface area contributed by atoms with E-state index in [2.05, 4.69) is 27.4 Å². The SMILES string of the molecule is C=C1C(C)(C)[C@H](C)C[C@H]2OC(C)(C)C[C@@H](O)[C@@]12CO. The molecule has 1 aliphatic carbocycles. The molecule has 1 saturated heterocycles. The molecule has 3 heteroatoms. The molecular formula is C16H28O3. The zero-order chi connectivity index (χ0) is 14.6. The molecule has 0 radical (unpaired) electrons. The van der Waals surface area contributed by atoms with Crippen LogP contribution in [0.2, 0.25) is 0 Å². The highest BCUT2D eigenvalue weighted by Crippen LogP contribution is 2.58. The van der Waals surface area contributed by atoms with E-state index in [1.54, 1.807) is 0 Å². The number of ether oxygens (including phenoxy) is 1. The van der Waals surface area contributed by atoms with Gasteiger partial charge in [-0.25, -0.2) is 0 Å². The van der Waals surface area contributed by atoms with Gasteiger partial charge >= 0.3 is 0 Å². The fourth-order valence-electron chi connectivity index (χ4n) is 3.87. The molecule has 0 unspecified atom stereocenters. The molecule has 1 aliphatic heterocycles. The van der Waals surface area contributed by atoms with E-state index in [0.29, 0.717) is 12.3 Å². The maximum Gasteiger partial charge on any atom is 0.0725 e. The molecule has 2 N–H and O–H groups in total. The van der Waals surface area contributed by atoms with Gasteiger partial charge in [-0.1, -0.05) is 32.9 Å². The van der Waals surface area contributed by atoms with Gasteiger partial charge in [0.2, 0.25) is 0 Å². The lowest BCUT2D eigenvalue weighted by Crippen LogP contribution is -2.64. The van der Waals surface area contributed by atoms with Crippen molar-refractivity contribution in [3.63, 3.8) is 0 Å². The smallest absolute Gasteiger partial charge is 0.0725 e. The number of hydrogen-bond acceptors (Lipinski definition) is 3. The molecule has 0 aromatic heterocycles. The van der Waals surface area contributed by atoms with E-state index in [9.17, 15) is 10.2 Å². The highest BCUT2D eigenvalue weighted by atomic mass is 16.5. The van der Waals surface area contributed by atoms with E-state index in [0.717, 1.165) is 12.0 Å². The summed E-state index contributed by atoms with van der Waals surface area (Å²) in [6.07, 6.45) is 0.651. The molecule has 0 aromatic carbocycles. The van der Waals surface area contributed by atoms with Gasteiger partial charge in [0.25, 0.3) is 0 Å².